The average Bonchev–Trinajstić information content (AvgIpc) is 2.73. The van der Waals surface area contributed by atoms with Gasteiger partial charge in [-0.1, -0.05) is 49.6 Å². The molecule has 1 aliphatic heterocycles. The van der Waals surface area contributed by atoms with E-state index >= 15 is 0 Å². The van der Waals surface area contributed by atoms with E-state index < -0.39 is 11.9 Å². The van der Waals surface area contributed by atoms with Crippen LogP contribution in [0.2, 0.25) is 0 Å². The molecule has 5 heteroatoms. The molecule has 0 aromatic carbocycles. The maximum atomic E-state index is 12.6. The highest BCUT2D eigenvalue weighted by atomic mass is 16.5. The second-order valence-corrected chi connectivity index (χ2v) is 8.61. The van der Waals surface area contributed by atoms with Crippen LogP contribution in [0.25, 0.3) is 0 Å². The lowest BCUT2D eigenvalue weighted by Gasteiger charge is -2.38. The van der Waals surface area contributed by atoms with E-state index in [0.717, 1.165) is 18.6 Å². The number of rotatable bonds is 5. The van der Waals surface area contributed by atoms with Gasteiger partial charge < -0.3 is 14.6 Å². The maximum Gasteiger partial charge on any atom is 0.310 e. The van der Waals surface area contributed by atoms with Gasteiger partial charge in [-0.2, -0.15) is 0 Å². The molecule has 5 nitrogen and oxygen atoms in total. The zero-order valence-corrected chi connectivity index (χ0v) is 16.3. The lowest BCUT2D eigenvalue weighted by Crippen LogP contribution is -2.44. The minimum absolute atomic E-state index is 0.113. The number of carboxylic acids is 1. The molecule has 0 radical (unpaired) electrons. The van der Waals surface area contributed by atoms with Crippen LogP contribution in [0.4, 0.5) is 0 Å². The molecule has 1 N–H and O–H groups in total. The molecular formula is C23H30O5. The Morgan fingerprint density at radius 1 is 1.18 bits per heavy atom. The quantitative estimate of drug-likeness (QED) is 0.727. The first-order valence-electron chi connectivity index (χ1n) is 10.7. The van der Waals surface area contributed by atoms with Crippen LogP contribution in [0.5, 0.6) is 0 Å². The summed E-state index contributed by atoms with van der Waals surface area (Å²) >= 11 is 0. The summed E-state index contributed by atoms with van der Waals surface area (Å²) in [6, 6.07) is 0. The van der Waals surface area contributed by atoms with Gasteiger partial charge in [-0.05, 0) is 37.2 Å². The van der Waals surface area contributed by atoms with Gasteiger partial charge >= 0.3 is 5.97 Å². The Labute approximate surface area is 166 Å². The van der Waals surface area contributed by atoms with Crippen molar-refractivity contribution in [2.75, 3.05) is 6.61 Å². The summed E-state index contributed by atoms with van der Waals surface area (Å²) in [6.07, 6.45) is 17.3. The number of ketones is 1. The fourth-order valence-corrected chi connectivity index (χ4v) is 4.86. The van der Waals surface area contributed by atoms with Crippen LogP contribution in [-0.4, -0.2) is 41.8 Å². The van der Waals surface area contributed by atoms with Gasteiger partial charge in [0.25, 0.3) is 0 Å². The molecule has 4 rings (SSSR count). The molecule has 5 atom stereocenters. The number of fused-ring (bicyclic) bond motifs is 1. The first-order valence-corrected chi connectivity index (χ1v) is 10.7. The third-order valence-corrected chi connectivity index (χ3v) is 6.61. The van der Waals surface area contributed by atoms with Crippen LogP contribution in [0.3, 0.4) is 0 Å². The molecule has 1 saturated heterocycles. The Hall–Kier alpha value is -1.72. The molecule has 5 unspecified atom stereocenters. The lowest BCUT2D eigenvalue weighted by molar-refractivity contribution is -0.146. The van der Waals surface area contributed by atoms with Crippen LogP contribution in [0, 0.1) is 17.8 Å². The standard InChI is InChI=1S/C23H30O5/c24-20-13-22(28-21-11-8-17(23(25)26)12-19(20)21)16-6-9-18(10-7-16)27-14-15-4-2-1-3-5-15/h6-9,11,15,17-19,21-22H,1-5,10,12-14H2,(H,25,26). The van der Waals surface area contributed by atoms with Crippen molar-refractivity contribution in [3.63, 3.8) is 0 Å². The molecule has 2 fully saturated rings. The van der Waals surface area contributed by atoms with Crippen molar-refractivity contribution in [3.05, 3.63) is 36.0 Å². The summed E-state index contributed by atoms with van der Waals surface area (Å²) in [5.74, 6) is -0.969. The molecule has 1 saturated carbocycles. The van der Waals surface area contributed by atoms with E-state index in [9.17, 15) is 14.7 Å². The van der Waals surface area contributed by atoms with E-state index in [4.69, 9.17) is 9.47 Å². The Morgan fingerprint density at radius 2 is 2.00 bits per heavy atom. The first kappa shape index (κ1) is 19.6. The van der Waals surface area contributed by atoms with E-state index in [1.807, 2.05) is 6.08 Å². The van der Waals surface area contributed by atoms with E-state index in [1.165, 1.54) is 32.1 Å². The zero-order chi connectivity index (χ0) is 19.5. The minimum atomic E-state index is -0.873. The van der Waals surface area contributed by atoms with E-state index in [0.29, 0.717) is 18.8 Å². The number of carbonyl (C=O) groups excluding carboxylic acids is 1. The molecule has 0 spiro atoms. The topological polar surface area (TPSA) is 72.8 Å². The van der Waals surface area contributed by atoms with Crippen molar-refractivity contribution >= 4 is 11.8 Å². The molecule has 0 bridgehead atoms. The largest absolute Gasteiger partial charge is 0.481 e. The Kier molecular flexibility index (Phi) is 6.12. The van der Waals surface area contributed by atoms with Crippen LogP contribution in [0.15, 0.2) is 36.0 Å². The summed E-state index contributed by atoms with van der Waals surface area (Å²) in [5, 5.41) is 9.19. The maximum absolute atomic E-state index is 12.6. The number of ether oxygens (including phenoxy) is 2. The molecule has 0 aromatic heterocycles. The second-order valence-electron chi connectivity index (χ2n) is 8.61. The van der Waals surface area contributed by atoms with Gasteiger partial charge in [0.15, 0.2) is 0 Å². The molecule has 1 heterocycles. The van der Waals surface area contributed by atoms with E-state index in [1.54, 1.807) is 12.2 Å². The lowest BCUT2D eigenvalue weighted by atomic mass is 9.78. The number of carboxylic acid groups (broad SMARTS) is 1. The predicted octanol–water partition coefficient (Wildman–Crippen LogP) is 3.84. The van der Waals surface area contributed by atoms with Crippen LogP contribution >= 0.6 is 0 Å². The molecule has 0 aromatic rings. The van der Waals surface area contributed by atoms with Crippen molar-refractivity contribution in [1.82, 2.24) is 0 Å². The van der Waals surface area contributed by atoms with Crippen molar-refractivity contribution in [2.45, 2.75) is 69.7 Å². The summed E-state index contributed by atoms with van der Waals surface area (Å²) in [4.78, 5) is 23.8. The highest BCUT2D eigenvalue weighted by Crippen LogP contribution is 2.36. The van der Waals surface area contributed by atoms with Crippen LogP contribution < -0.4 is 0 Å². The third kappa shape index (κ3) is 4.47. The van der Waals surface area contributed by atoms with Gasteiger partial charge in [0.1, 0.15) is 5.78 Å². The summed E-state index contributed by atoms with van der Waals surface area (Å²) in [7, 11) is 0. The van der Waals surface area contributed by atoms with Crippen LogP contribution in [0.1, 0.15) is 51.4 Å². The van der Waals surface area contributed by atoms with Crippen LogP contribution in [-0.2, 0) is 19.1 Å². The van der Waals surface area contributed by atoms with Gasteiger partial charge in [0.2, 0.25) is 0 Å². The number of hydrogen-bond donors (Lipinski definition) is 1. The van der Waals surface area contributed by atoms with Gasteiger partial charge in [-0.15, -0.1) is 0 Å². The molecule has 28 heavy (non-hydrogen) atoms. The molecule has 0 amide bonds. The smallest absolute Gasteiger partial charge is 0.310 e. The Morgan fingerprint density at radius 3 is 2.71 bits per heavy atom. The van der Waals surface area contributed by atoms with Crippen molar-refractivity contribution in [3.8, 4) is 0 Å². The monoisotopic (exact) mass is 386 g/mol. The second kappa shape index (κ2) is 8.75. The summed E-state index contributed by atoms with van der Waals surface area (Å²) in [6.45, 7) is 0.843. The fourth-order valence-electron chi connectivity index (χ4n) is 4.86. The highest BCUT2D eigenvalue weighted by Gasteiger charge is 2.41. The third-order valence-electron chi connectivity index (χ3n) is 6.61. The fraction of sp³-hybridized carbons (Fsp3) is 0.652. The van der Waals surface area contributed by atoms with E-state index in [2.05, 4.69) is 12.2 Å². The predicted molar refractivity (Wildman–Crippen MR) is 105 cm³/mol. The Balaban J connectivity index is 1.30. The average molecular weight is 386 g/mol. The molecule has 152 valence electrons. The Bertz CT molecular complexity index is 685. The number of Topliss-reactive ketones (excluding diaryl/α,β-unsaturated/α-hetero) is 1. The molecular weight excluding hydrogens is 356 g/mol. The molecule has 3 aliphatic carbocycles. The first-order chi connectivity index (χ1) is 13.6. The zero-order valence-electron chi connectivity index (χ0n) is 16.3. The van der Waals surface area contributed by atoms with E-state index in [-0.39, 0.29) is 30.0 Å². The summed E-state index contributed by atoms with van der Waals surface area (Å²) in [5.41, 5.74) is 1.04. The molecule has 4 aliphatic rings. The van der Waals surface area contributed by atoms with Gasteiger partial charge in [0.05, 0.1) is 30.8 Å². The summed E-state index contributed by atoms with van der Waals surface area (Å²) < 4.78 is 12.3. The number of hydrogen-bond acceptors (Lipinski definition) is 4. The highest BCUT2D eigenvalue weighted by molar-refractivity contribution is 5.85. The number of carbonyl (C=O) groups is 2. The van der Waals surface area contributed by atoms with Gasteiger partial charge in [-0.25, -0.2) is 0 Å². The SMILES string of the molecule is O=C(O)C1C=CC2OC(C3=CCC(OCC4CCCCC4)C=C3)CC(=O)C2C1. The van der Waals surface area contributed by atoms with Crippen molar-refractivity contribution in [1.29, 1.82) is 0 Å². The normalized spacial score (nSPS) is 36.1. The van der Waals surface area contributed by atoms with Gasteiger partial charge in [0, 0.05) is 12.3 Å². The van der Waals surface area contributed by atoms with Crippen molar-refractivity contribution in [2.24, 2.45) is 17.8 Å². The van der Waals surface area contributed by atoms with Gasteiger partial charge in [-0.3, -0.25) is 9.59 Å². The number of aliphatic carboxylic acids is 1. The van der Waals surface area contributed by atoms with Crippen molar-refractivity contribution < 1.29 is 24.2 Å². The minimum Gasteiger partial charge on any atom is -0.481 e.